The van der Waals surface area contributed by atoms with Crippen LogP contribution in [0.3, 0.4) is 0 Å². The van der Waals surface area contributed by atoms with Crippen LogP contribution in [-0.4, -0.2) is 25.4 Å². The average Bonchev–Trinajstić information content (AvgIpc) is 3.17. The summed E-state index contributed by atoms with van der Waals surface area (Å²) in [5.74, 6) is 1.91. The van der Waals surface area contributed by atoms with Gasteiger partial charge in [0.15, 0.2) is 0 Å². The molecule has 2 heterocycles. The minimum Gasteiger partial charge on any atom is -0.462 e. The largest absolute Gasteiger partial charge is 0.462 e. The smallest absolute Gasteiger partial charge is 0.129 e. The van der Waals surface area contributed by atoms with Crippen LogP contribution in [0.2, 0.25) is 0 Å². The van der Waals surface area contributed by atoms with Crippen molar-refractivity contribution in [2.75, 3.05) is 13.2 Å². The molecule has 1 aromatic rings. The molecule has 0 spiro atoms. The molecule has 3 rings (SSSR count). The Hall–Kier alpha value is -0.840. The van der Waals surface area contributed by atoms with E-state index in [0.717, 1.165) is 31.1 Å². The van der Waals surface area contributed by atoms with Crippen LogP contribution in [0.1, 0.15) is 43.6 Å². The fourth-order valence-electron chi connectivity index (χ4n) is 2.36. The van der Waals surface area contributed by atoms with E-state index in [2.05, 4.69) is 5.32 Å². The zero-order chi connectivity index (χ0) is 12.9. The van der Waals surface area contributed by atoms with Crippen LogP contribution >= 0.6 is 0 Å². The summed E-state index contributed by atoms with van der Waals surface area (Å²) in [6.07, 6.45) is 6.45. The summed E-state index contributed by atoms with van der Waals surface area (Å²) in [5, 5.41) is 3.44. The predicted molar refractivity (Wildman–Crippen MR) is 71.8 cm³/mol. The van der Waals surface area contributed by atoms with Crippen molar-refractivity contribution in [1.29, 1.82) is 0 Å². The summed E-state index contributed by atoms with van der Waals surface area (Å²) in [4.78, 5) is 0. The second-order valence-electron chi connectivity index (χ2n) is 5.53. The lowest BCUT2D eigenvalue weighted by Crippen LogP contribution is -2.24. The molecule has 19 heavy (non-hydrogen) atoms. The maximum Gasteiger partial charge on any atom is 0.129 e. The molecule has 1 aliphatic carbocycles. The fourth-order valence-corrected chi connectivity index (χ4v) is 2.36. The Balaban J connectivity index is 1.34. The lowest BCUT2D eigenvalue weighted by Gasteiger charge is -2.22. The van der Waals surface area contributed by atoms with Crippen LogP contribution in [0.25, 0.3) is 0 Å². The Morgan fingerprint density at radius 3 is 2.84 bits per heavy atom. The van der Waals surface area contributed by atoms with Crippen molar-refractivity contribution in [3.63, 3.8) is 0 Å². The number of rotatable bonds is 7. The second-order valence-corrected chi connectivity index (χ2v) is 5.53. The Morgan fingerprint density at radius 2 is 2.05 bits per heavy atom. The Labute approximate surface area is 114 Å². The van der Waals surface area contributed by atoms with Gasteiger partial charge in [-0.2, -0.15) is 0 Å². The summed E-state index contributed by atoms with van der Waals surface area (Å²) < 4.78 is 17.0. The Kier molecular flexibility index (Phi) is 4.53. The van der Waals surface area contributed by atoms with E-state index in [1.807, 2.05) is 12.1 Å². The van der Waals surface area contributed by atoms with Crippen molar-refractivity contribution in [1.82, 2.24) is 5.32 Å². The van der Waals surface area contributed by atoms with E-state index in [1.54, 1.807) is 0 Å². The Bertz CT molecular complexity index is 380. The van der Waals surface area contributed by atoms with Gasteiger partial charge in [-0.3, -0.25) is 0 Å². The minimum absolute atomic E-state index is 0.278. The third-order valence-electron chi connectivity index (χ3n) is 3.68. The van der Waals surface area contributed by atoms with Gasteiger partial charge in [-0.1, -0.05) is 0 Å². The zero-order valence-corrected chi connectivity index (χ0v) is 11.4. The van der Waals surface area contributed by atoms with Crippen molar-refractivity contribution in [2.24, 2.45) is 0 Å². The summed E-state index contributed by atoms with van der Waals surface area (Å²) >= 11 is 0. The Morgan fingerprint density at radius 1 is 1.16 bits per heavy atom. The highest BCUT2D eigenvalue weighted by atomic mass is 16.5. The van der Waals surface area contributed by atoms with E-state index in [0.29, 0.717) is 19.3 Å². The molecule has 1 atom stereocenters. The molecule has 2 aliphatic rings. The van der Waals surface area contributed by atoms with Gasteiger partial charge in [-0.15, -0.1) is 0 Å². The molecule has 0 bridgehead atoms. The van der Waals surface area contributed by atoms with Gasteiger partial charge in [0, 0.05) is 12.6 Å². The molecule has 0 amide bonds. The van der Waals surface area contributed by atoms with Crippen molar-refractivity contribution in [3.05, 3.63) is 23.7 Å². The lowest BCUT2D eigenvalue weighted by molar-refractivity contribution is -0.0473. The standard InChI is InChI=1S/C15H23NO3/c1-2-8-18-14(3-1)10-17-11-15-7-6-13(19-15)9-16-12-4-5-12/h6-7,12,14,16H,1-5,8-11H2. The molecule has 0 radical (unpaired) electrons. The van der Waals surface area contributed by atoms with Gasteiger partial charge in [-0.25, -0.2) is 0 Å². The monoisotopic (exact) mass is 265 g/mol. The van der Waals surface area contributed by atoms with Crippen LogP contribution < -0.4 is 5.32 Å². The van der Waals surface area contributed by atoms with Crippen molar-refractivity contribution >= 4 is 0 Å². The lowest BCUT2D eigenvalue weighted by atomic mass is 10.1. The first-order valence-corrected chi connectivity index (χ1v) is 7.40. The number of hydrogen-bond donors (Lipinski definition) is 1. The van der Waals surface area contributed by atoms with E-state index in [-0.39, 0.29) is 6.10 Å². The van der Waals surface area contributed by atoms with Crippen molar-refractivity contribution < 1.29 is 13.9 Å². The molecule has 106 valence electrons. The highest BCUT2D eigenvalue weighted by molar-refractivity contribution is 5.06. The molecule has 1 saturated heterocycles. The van der Waals surface area contributed by atoms with Crippen LogP contribution in [-0.2, 0) is 22.6 Å². The highest BCUT2D eigenvalue weighted by Gasteiger charge is 2.20. The van der Waals surface area contributed by atoms with E-state index in [1.165, 1.54) is 25.7 Å². The number of furan rings is 1. The van der Waals surface area contributed by atoms with E-state index in [4.69, 9.17) is 13.9 Å². The molecule has 0 aromatic carbocycles. The zero-order valence-electron chi connectivity index (χ0n) is 11.4. The molecule has 4 heteroatoms. The molecule has 1 N–H and O–H groups in total. The number of hydrogen-bond acceptors (Lipinski definition) is 4. The average molecular weight is 265 g/mol. The summed E-state index contributed by atoms with van der Waals surface area (Å²) in [6.45, 7) is 2.93. The molecule has 1 aliphatic heterocycles. The quantitative estimate of drug-likeness (QED) is 0.823. The molecule has 1 saturated carbocycles. The van der Waals surface area contributed by atoms with E-state index < -0.39 is 0 Å². The molecule has 1 aromatic heterocycles. The summed E-state index contributed by atoms with van der Waals surface area (Å²) in [6, 6.07) is 4.75. The first-order chi connectivity index (χ1) is 9.40. The molecule has 2 fully saturated rings. The number of nitrogens with one attached hydrogen (secondary N) is 1. The predicted octanol–water partition coefficient (Wildman–Crippen LogP) is 2.62. The SMILES string of the molecule is c1cc(COCC2CCCCO2)oc1CNC1CC1. The maximum absolute atomic E-state index is 5.72. The first-order valence-electron chi connectivity index (χ1n) is 7.40. The third kappa shape index (κ3) is 4.34. The molecule has 4 nitrogen and oxygen atoms in total. The minimum atomic E-state index is 0.278. The van der Waals surface area contributed by atoms with Gasteiger partial charge >= 0.3 is 0 Å². The molecular formula is C15H23NO3. The maximum atomic E-state index is 5.72. The number of ether oxygens (including phenoxy) is 2. The van der Waals surface area contributed by atoms with Crippen molar-refractivity contribution in [3.8, 4) is 0 Å². The van der Waals surface area contributed by atoms with E-state index >= 15 is 0 Å². The summed E-state index contributed by atoms with van der Waals surface area (Å²) in [7, 11) is 0. The topological polar surface area (TPSA) is 43.6 Å². The normalized spacial score (nSPS) is 23.7. The van der Waals surface area contributed by atoms with Crippen LogP contribution in [0.15, 0.2) is 16.5 Å². The summed E-state index contributed by atoms with van der Waals surface area (Å²) in [5.41, 5.74) is 0. The van der Waals surface area contributed by atoms with Crippen molar-refractivity contribution in [2.45, 2.75) is 57.4 Å². The highest BCUT2D eigenvalue weighted by Crippen LogP contribution is 2.20. The second kappa shape index (κ2) is 6.55. The fraction of sp³-hybridized carbons (Fsp3) is 0.733. The molecular weight excluding hydrogens is 242 g/mol. The van der Waals surface area contributed by atoms with Gasteiger partial charge in [-0.05, 0) is 44.2 Å². The van der Waals surface area contributed by atoms with Gasteiger partial charge < -0.3 is 19.2 Å². The third-order valence-corrected chi connectivity index (χ3v) is 3.68. The van der Waals surface area contributed by atoms with Gasteiger partial charge in [0.25, 0.3) is 0 Å². The molecule has 1 unspecified atom stereocenters. The van der Waals surface area contributed by atoms with Gasteiger partial charge in [0.2, 0.25) is 0 Å². The van der Waals surface area contributed by atoms with Crippen LogP contribution in [0.5, 0.6) is 0 Å². The van der Waals surface area contributed by atoms with E-state index in [9.17, 15) is 0 Å². The first kappa shape index (κ1) is 13.2. The van der Waals surface area contributed by atoms with Crippen LogP contribution in [0.4, 0.5) is 0 Å². The van der Waals surface area contributed by atoms with Gasteiger partial charge in [0.1, 0.15) is 18.1 Å². The van der Waals surface area contributed by atoms with Gasteiger partial charge in [0.05, 0.1) is 19.3 Å². The van der Waals surface area contributed by atoms with Crippen LogP contribution in [0, 0.1) is 0 Å².